The van der Waals surface area contributed by atoms with E-state index in [1.807, 2.05) is 13.8 Å². The molecule has 0 saturated carbocycles. The van der Waals surface area contributed by atoms with Crippen molar-refractivity contribution in [1.29, 1.82) is 0 Å². The van der Waals surface area contributed by atoms with Gasteiger partial charge in [-0.2, -0.15) is 0 Å². The number of benzene rings is 1. The van der Waals surface area contributed by atoms with E-state index in [0.29, 0.717) is 12.2 Å². The quantitative estimate of drug-likeness (QED) is 0.589. The summed E-state index contributed by atoms with van der Waals surface area (Å²) in [5.41, 5.74) is 6.34. The number of ether oxygens (including phenoxy) is 1. The van der Waals surface area contributed by atoms with Gasteiger partial charge in [0.15, 0.2) is 0 Å². The molecule has 9 nitrogen and oxygen atoms in total. The van der Waals surface area contributed by atoms with Crippen LogP contribution in [0.15, 0.2) is 18.2 Å². The summed E-state index contributed by atoms with van der Waals surface area (Å²) in [7, 11) is 0. The second-order valence-electron chi connectivity index (χ2n) is 9.15. The topological polar surface area (TPSA) is 117 Å². The Morgan fingerprint density at radius 2 is 1.91 bits per heavy atom. The molecule has 0 aromatic heterocycles. The number of hydrogen-bond donors (Lipinski definition) is 3. The number of nitrogens with one attached hydrogen (secondary N) is 2. The first-order valence-electron chi connectivity index (χ1n) is 10.7. The summed E-state index contributed by atoms with van der Waals surface area (Å²) in [5.74, 6) is -0.802. The van der Waals surface area contributed by atoms with E-state index in [9.17, 15) is 18.8 Å². The van der Waals surface area contributed by atoms with E-state index in [0.717, 1.165) is 0 Å². The molecule has 1 unspecified atom stereocenters. The van der Waals surface area contributed by atoms with Gasteiger partial charge in [-0.3, -0.25) is 9.59 Å². The van der Waals surface area contributed by atoms with Crippen LogP contribution in [0.25, 0.3) is 0 Å². The van der Waals surface area contributed by atoms with E-state index in [2.05, 4.69) is 10.6 Å². The van der Waals surface area contributed by atoms with Crippen molar-refractivity contribution in [3.05, 3.63) is 23.8 Å². The first-order valence-corrected chi connectivity index (χ1v) is 10.7. The van der Waals surface area contributed by atoms with Crippen molar-refractivity contribution in [3.63, 3.8) is 0 Å². The van der Waals surface area contributed by atoms with Crippen LogP contribution in [-0.4, -0.2) is 73.3 Å². The average molecular weight is 452 g/mol. The SMILES string of the molecule is CC(C)NC(=O)CNC(=O)c1cc(N2CCN(C(=O)OC(C)(C)C)CC(F)C2)ccc1N. The Bertz CT molecular complexity index is 840. The Morgan fingerprint density at radius 1 is 1.22 bits per heavy atom. The molecular weight excluding hydrogens is 417 g/mol. The smallest absolute Gasteiger partial charge is 0.410 e. The van der Waals surface area contributed by atoms with Crippen molar-refractivity contribution < 1.29 is 23.5 Å². The van der Waals surface area contributed by atoms with Crippen molar-refractivity contribution in [1.82, 2.24) is 15.5 Å². The van der Waals surface area contributed by atoms with E-state index in [1.165, 1.54) is 4.90 Å². The Balaban J connectivity index is 2.09. The van der Waals surface area contributed by atoms with E-state index < -0.39 is 23.8 Å². The highest BCUT2D eigenvalue weighted by atomic mass is 19.1. The zero-order chi connectivity index (χ0) is 24.1. The second-order valence-corrected chi connectivity index (χ2v) is 9.15. The molecule has 4 N–H and O–H groups in total. The Hall–Kier alpha value is -3.04. The van der Waals surface area contributed by atoms with E-state index in [-0.39, 0.29) is 49.4 Å². The van der Waals surface area contributed by atoms with E-state index in [1.54, 1.807) is 43.9 Å². The number of halogens is 1. The highest BCUT2D eigenvalue weighted by molar-refractivity contribution is 6.01. The minimum Gasteiger partial charge on any atom is -0.444 e. The number of nitrogen functional groups attached to an aromatic ring is 1. The van der Waals surface area contributed by atoms with Crippen molar-refractivity contribution >= 4 is 29.3 Å². The van der Waals surface area contributed by atoms with Gasteiger partial charge in [0.05, 0.1) is 25.2 Å². The van der Waals surface area contributed by atoms with Crippen molar-refractivity contribution in [2.75, 3.05) is 43.4 Å². The summed E-state index contributed by atoms with van der Waals surface area (Å²) >= 11 is 0. The molecule has 0 radical (unpaired) electrons. The zero-order valence-electron chi connectivity index (χ0n) is 19.4. The van der Waals surface area contributed by atoms with Gasteiger partial charge in [-0.25, -0.2) is 9.18 Å². The van der Waals surface area contributed by atoms with Gasteiger partial charge in [0.1, 0.15) is 11.8 Å². The molecule has 0 spiro atoms. The molecule has 1 fully saturated rings. The third-order valence-corrected chi connectivity index (χ3v) is 4.63. The van der Waals surface area contributed by atoms with Crippen LogP contribution in [0, 0.1) is 0 Å². The van der Waals surface area contributed by atoms with Gasteiger partial charge in [-0.1, -0.05) is 0 Å². The molecule has 0 bridgehead atoms. The summed E-state index contributed by atoms with van der Waals surface area (Å²) in [4.78, 5) is 39.8. The summed E-state index contributed by atoms with van der Waals surface area (Å²) < 4.78 is 20.0. The fourth-order valence-electron chi connectivity index (χ4n) is 3.25. The normalized spacial score (nSPS) is 17.0. The first kappa shape index (κ1) is 25.2. The van der Waals surface area contributed by atoms with Crippen molar-refractivity contribution in [2.45, 2.75) is 52.4 Å². The Labute approximate surface area is 188 Å². The maximum Gasteiger partial charge on any atom is 0.410 e. The number of carbonyl (C=O) groups excluding carboxylic acids is 3. The van der Waals surface area contributed by atoms with Crippen LogP contribution in [-0.2, 0) is 9.53 Å². The predicted octanol–water partition coefficient (Wildman–Crippen LogP) is 1.92. The number of carbonyl (C=O) groups is 3. The van der Waals surface area contributed by atoms with Gasteiger partial charge in [0.25, 0.3) is 5.91 Å². The monoisotopic (exact) mass is 451 g/mol. The maximum atomic E-state index is 14.6. The van der Waals surface area contributed by atoms with Crippen LogP contribution >= 0.6 is 0 Å². The molecule has 0 aliphatic carbocycles. The minimum atomic E-state index is -1.29. The lowest BCUT2D eigenvalue weighted by molar-refractivity contribution is -0.120. The van der Waals surface area contributed by atoms with Gasteiger partial charge in [0, 0.05) is 30.5 Å². The molecule has 1 heterocycles. The fraction of sp³-hybridized carbons (Fsp3) is 0.591. The number of rotatable bonds is 5. The number of nitrogens with zero attached hydrogens (tertiary/aromatic N) is 2. The van der Waals surface area contributed by atoms with Crippen LogP contribution in [0.5, 0.6) is 0 Å². The Morgan fingerprint density at radius 3 is 2.53 bits per heavy atom. The third kappa shape index (κ3) is 7.58. The minimum absolute atomic E-state index is 0.0373. The van der Waals surface area contributed by atoms with E-state index >= 15 is 0 Å². The van der Waals surface area contributed by atoms with Gasteiger partial charge in [-0.15, -0.1) is 0 Å². The molecule has 178 valence electrons. The molecule has 1 aliphatic rings. The lowest BCUT2D eigenvalue weighted by atomic mass is 10.1. The summed E-state index contributed by atoms with van der Waals surface area (Å²) in [6.45, 7) is 9.37. The average Bonchev–Trinajstić information content (AvgIpc) is 2.86. The summed E-state index contributed by atoms with van der Waals surface area (Å²) in [6, 6.07) is 4.81. The van der Waals surface area contributed by atoms with Crippen LogP contribution in [0.1, 0.15) is 45.0 Å². The third-order valence-electron chi connectivity index (χ3n) is 4.63. The summed E-state index contributed by atoms with van der Waals surface area (Å²) in [5, 5.41) is 5.24. The molecule has 1 atom stereocenters. The molecule has 1 saturated heterocycles. The van der Waals surface area contributed by atoms with Crippen molar-refractivity contribution in [2.24, 2.45) is 0 Å². The van der Waals surface area contributed by atoms with Crippen LogP contribution < -0.4 is 21.3 Å². The highest BCUT2D eigenvalue weighted by Gasteiger charge is 2.29. The van der Waals surface area contributed by atoms with Gasteiger partial charge < -0.3 is 30.9 Å². The predicted molar refractivity (Wildman–Crippen MR) is 121 cm³/mol. The molecule has 10 heteroatoms. The lowest BCUT2D eigenvalue weighted by Crippen LogP contribution is -2.40. The molecule has 1 aromatic carbocycles. The molecule has 3 amide bonds. The number of anilines is 2. The van der Waals surface area contributed by atoms with Crippen LogP contribution in [0.3, 0.4) is 0 Å². The standard InChI is InChI=1S/C22H34FN5O4/c1-14(2)26-19(29)11-25-20(30)17-10-16(6-7-18(17)24)27-8-9-28(13-15(23)12-27)21(31)32-22(3,4)5/h6-7,10,14-15H,8-9,11-13,24H2,1-5H3,(H,25,30)(H,26,29). The number of alkyl halides is 1. The van der Waals surface area contributed by atoms with Gasteiger partial charge in [0.2, 0.25) is 5.91 Å². The highest BCUT2D eigenvalue weighted by Crippen LogP contribution is 2.24. The van der Waals surface area contributed by atoms with Crippen molar-refractivity contribution in [3.8, 4) is 0 Å². The molecule has 2 rings (SSSR count). The molecule has 1 aliphatic heterocycles. The van der Waals surface area contributed by atoms with Gasteiger partial charge in [-0.05, 0) is 52.8 Å². The maximum absolute atomic E-state index is 14.6. The fourth-order valence-corrected chi connectivity index (χ4v) is 3.25. The molecule has 32 heavy (non-hydrogen) atoms. The second kappa shape index (κ2) is 10.5. The Kier molecular flexibility index (Phi) is 8.29. The molecule has 1 aromatic rings. The number of nitrogens with two attached hydrogens (primary N) is 1. The summed E-state index contributed by atoms with van der Waals surface area (Å²) in [6.07, 6.45) is -1.85. The molecular formula is C22H34FN5O4. The van der Waals surface area contributed by atoms with Crippen LogP contribution in [0.4, 0.5) is 20.6 Å². The van der Waals surface area contributed by atoms with Gasteiger partial charge >= 0.3 is 6.09 Å². The number of hydrogen-bond acceptors (Lipinski definition) is 6. The number of amides is 3. The first-order chi connectivity index (χ1) is 14.9. The largest absolute Gasteiger partial charge is 0.444 e. The zero-order valence-corrected chi connectivity index (χ0v) is 19.4. The lowest BCUT2D eigenvalue weighted by Gasteiger charge is -2.27. The van der Waals surface area contributed by atoms with Crippen LogP contribution in [0.2, 0.25) is 0 Å². The van der Waals surface area contributed by atoms with E-state index in [4.69, 9.17) is 10.5 Å².